The van der Waals surface area contributed by atoms with Crippen LogP contribution in [0.5, 0.6) is 0 Å². The Hall–Kier alpha value is -0.610. The second-order valence-electron chi connectivity index (χ2n) is 6.08. The van der Waals surface area contributed by atoms with Gasteiger partial charge in [0, 0.05) is 18.6 Å². The van der Waals surface area contributed by atoms with Gasteiger partial charge in [-0.3, -0.25) is 9.69 Å². The van der Waals surface area contributed by atoms with E-state index in [1.807, 2.05) is 13.8 Å². The molecule has 0 bridgehead atoms. The Balaban J connectivity index is 1.78. The van der Waals surface area contributed by atoms with Crippen molar-refractivity contribution < 1.29 is 4.79 Å². The van der Waals surface area contributed by atoms with Gasteiger partial charge in [0.15, 0.2) is 0 Å². The average Bonchev–Trinajstić information content (AvgIpc) is 3.12. The zero-order valence-electron chi connectivity index (χ0n) is 11.7. The van der Waals surface area contributed by atoms with Crippen LogP contribution < -0.4 is 10.6 Å². The number of nitrogens with zero attached hydrogens (tertiary/aromatic N) is 1. The van der Waals surface area contributed by atoms with Crippen molar-refractivity contribution in [2.24, 2.45) is 5.92 Å². The van der Waals surface area contributed by atoms with Crippen LogP contribution in [0.1, 0.15) is 39.5 Å². The van der Waals surface area contributed by atoms with Gasteiger partial charge in [-0.2, -0.15) is 0 Å². The molecular weight excluding hydrogens is 226 g/mol. The summed E-state index contributed by atoms with van der Waals surface area (Å²) in [4.78, 5) is 14.3. The maximum absolute atomic E-state index is 11.9. The van der Waals surface area contributed by atoms with Gasteiger partial charge in [-0.15, -0.1) is 0 Å². The summed E-state index contributed by atoms with van der Waals surface area (Å²) in [5.74, 6) is 0.963. The molecule has 1 aliphatic heterocycles. The van der Waals surface area contributed by atoms with E-state index in [-0.39, 0.29) is 11.9 Å². The smallest absolute Gasteiger partial charge is 0.234 e. The Morgan fingerprint density at radius 2 is 1.94 bits per heavy atom. The van der Waals surface area contributed by atoms with Gasteiger partial charge in [0.1, 0.15) is 0 Å². The standard InChI is InChI=1S/C14H27N3O/c1-11(2)16-14(18)10-17(13-3-4-13)9-12-5-7-15-8-6-12/h11-13,15H,3-10H2,1-2H3,(H,16,18). The van der Waals surface area contributed by atoms with Crippen LogP contribution in [-0.4, -0.2) is 49.1 Å². The highest BCUT2D eigenvalue weighted by molar-refractivity contribution is 5.78. The van der Waals surface area contributed by atoms with Gasteiger partial charge in [0.05, 0.1) is 6.54 Å². The number of amides is 1. The molecule has 4 nitrogen and oxygen atoms in total. The molecule has 1 heterocycles. The summed E-state index contributed by atoms with van der Waals surface area (Å²) in [5, 5.41) is 6.40. The van der Waals surface area contributed by atoms with E-state index < -0.39 is 0 Å². The summed E-state index contributed by atoms with van der Waals surface area (Å²) in [6.45, 7) is 8.02. The molecule has 104 valence electrons. The molecule has 0 atom stereocenters. The molecule has 1 amide bonds. The summed E-state index contributed by atoms with van der Waals surface area (Å²) >= 11 is 0. The molecule has 0 aromatic carbocycles. The van der Waals surface area contributed by atoms with Crippen molar-refractivity contribution in [3.63, 3.8) is 0 Å². The number of carbonyl (C=O) groups excluding carboxylic acids is 1. The lowest BCUT2D eigenvalue weighted by atomic mass is 9.97. The maximum atomic E-state index is 11.9. The second-order valence-corrected chi connectivity index (χ2v) is 6.08. The van der Waals surface area contributed by atoms with E-state index in [1.54, 1.807) is 0 Å². The molecule has 4 heteroatoms. The average molecular weight is 253 g/mol. The van der Waals surface area contributed by atoms with Crippen LogP contribution in [0.2, 0.25) is 0 Å². The van der Waals surface area contributed by atoms with Gasteiger partial charge < -0.3 is 10.6 Å². The van der Waals surface area contributed by atoms with E-state index >= 15 is 0 Å². The van der Waals surface area contributed by atoms with Gasteiger partial charge >= 0.3 is 0 Å². The number of hydrogen-bond acceptors (Lipinski definition) is 3. The summed E-state index contributed by atoms with van der Waals surface area (Å²) in [6, 6.07) is 0.926. The number of rotatable bonds is 6. The Bertz CT molecular complexity index is 270. The second kappa shape index (κ2) is 6.53. The fourth-order valence-corrected chi connectivity index (χ4v) is 2.73. The van der Waals surface area contributed by atoms with Gasteiger partial charge in [0.25, 0.3) is 0 Å². The first kappa shape index (κ1) is 13.8. The molecule has 2 aliphatic rings. The quantitative estimate of drug-likeness (QED) is 0.741. The summed E-state index contributed by atoms with van der Waals surface area (Å²) in [7, 11) is 0. The van der Waals surface area contributed by atoms with E-state index in [2.05, 4.69) is 15.5 Å². The highest BCUT2D eigenvalue weighted by Gasteiger charge is 2.32. The predicted octanol–water partition coefficient (Wildman–Crippen LogP) is 0.975. The highest BCUT2D eigenvalue weighted by atomic mass is 16.2. The Kier molecular flexibility index (Phi) is 5.01. The fraction of sp³-hybridized carbons (Fsp3) is 0.929. The van der Waals surface area contributed by atoms with Gasteiger partial charge in [0.2, 0.25) is 5.91 Å². The molecule has 0 aromatic rings. The highest BCUT2D eigenvalue weighted by Crippen LogP contribution is 2.28. The third-order valence-electron chi connectivity index (χ3n) is 3.81. The predicted molar refractivity (Wildman–Crippen MR) is 73.5 cm³/mol. The Morgan fingerprint density at radius 1 is 1.28 bits per heavy atom. The fourth-order valence-electron chi connectivity index (χ4n) is 2.73. The summed E-state index contributed by atoms with van der Waals surface area (Å²) in [5.41, 5.74) is 0. The van der Waals surface area contributed by atoms with Crippen LogP contribution in [0.3, 0.4) is 0 Å². The van der Waals surface area contributed by atoms with E-state index in [1.165, 1.54) is 25.7 Å². The molecule has 18 heavy (non-hydrogen) atoms. The number of carbonyl (C=O) groups is 1. The van der Waals surface area contributed by atoms with Crippen LogP contribution in [0.25, 0.3) is 0 Å². The minimum atomic E-state index is 0.186. The first-order valence-corrected chi connectivity index (χ1v) is 7.39. The topological polar surface area (TPSA) is 44.4 Å². The maximum Gasteiger partial charge on any atom is 0.234 e. The van der Waals surface area contributed by atoms with Crippen molar-refractivity contribution in [2.45, 2.75) is 51.6 Å². The number of piperidine rings is 1. The van der Waals surface area contributed by atoms with Crippen molar-refractivity contribution in [1.29, 1.82) is 0 Å². The summed E-state index contributed by atoms with van der Waals surface area (Å²) < 4.78 is 0. The molecule has 0 aromatic heterocycles. The van der Waals surface area contributed by atoms with E-state index in [9.17, 15) is 4.79 Å². The van der Waals surface area contributed by atoms with Gasteiger partial charge in [-0.05, 0) is 58.5 Å². The number of nitrogens with one attached hydrogen (secondary N) is 2. The molecule has 0 unspecified atom stereocenters. The SMILES string of the molecule is CC(C)NC(=O)CN(CC1CCNCC1)C1CC1. The van der Waals surface area contributed by atoms with E-state index in [0.717, 1.165) is 25.6 Å². The zero-order chi connectivity index (χ0) is 13.0. The van der Waals surface area contributed by atoms with Crippen molar-refractivity contribution >= 4 is 5.91 Å². The number of hydrogen-bond donors (Lipinski definition) is 2. The van der Waals surface area contributed by atoms with Crippen molar-refractivity contribution in [3.05, 3.63) is 0 Å². The molecule has 1 aliphatic carbocycles. The molecule has 0 radical (unpaired) electrons. The normalized spacial score (nSPS) is 21.6. The van der Waals surface area contributed by atoms with Crippen LogP contribution in [-0.2, 0) is 4.79 Å². The molecule has 2 rings (SSSR count). The molecular formula is C14H27N3O. The third kappa shape index (κ3) is 4.58. The van der Waals surface area contributed by atoms with Gasteiger partial charge in [-0.25, -0.2) is 0 Å². The van der Waals surface area contributed by atoms with Crippen LogP contribution >= 0.6 is 0 Å². The summed E-state index contributed by atoms with van der Waals surface area (Å²) in [6.07, 6.45) is 5.07. The molecule has 1 saturated carbocycles. The zero-order valence-corrected chi connectivity index (χ0v) is 11.7. The van der Waals surface area contributed by atoms with E-state index in [0.29, 0.717) is 12.6 Å². The van der Waals surface area contributed by atoms with Crippen LogP contribution in [0.15, 0.2) is 0 Å². The van der Waals surface area contributed by atoms with Crippen molar-refractivity contribution in [3.8, 4) is 0 Å². The molecule has 1 saturated heterocycles. The Labute approximate surface area is 110 Å². The largest absolute Gasteiger partial charge is 0.353 e. The van der Waals surface area contributed by atoms with Crippen LogP contribution in [0, 0.1) is 5.92 Å². The van der Waals surface area contributed by atoms with Gasteiger partial charge in [-0.1, -0.05) is 0 Å². The molecule has 2 fully saturated rings. The lowest BCUT2D eigenvalue weighted by molar-refractivity contribution is -0.123. The van der Waals surface area contributed by atoms with E-state index in [4.69, 9.17) is 0 Å². The minimum Gasteiger partial charge on any atom is -0.353 e. The first-order valence-electron chi connectivity index (χ1n) is 7.39. The lowest BCUT2D eigenvalue weighted by Gasteiger charge is -2.30. The van der Waals surface area contributed by atoms with Crippen molar-refractivity contribution in [1.82, 2.24) is 15.5 Å². The first-order chi connectivity index (χ1) is 8.65. The third-order valence-corrected chi connectivity index (χ3v) is 3.81. The van der Waals surface area contributed by atoms with Crippen molar-refractivity contribution in [2.75, 3.05) is 26.2 Å². The minimum absolute atomic E-state index is 0.186. The molecule has 2 N–H and O–H groups in total. The Morgan fingerprint density at radius 3 is 2.50 bits per heavy atom. The monoisotopic (exact) mass is 253 g/mol. The van der Waals surface area contributed by atoms with Crippen LogP contribution in [0.4, 0.5) is 0 Å². The lowest BCUT2D eigenvalue weighted by Crippen LogP contribution is -2.44. The molecule has 0 spiro atoms.